The number of carbonyl (C=O) groups excluding carboxylic acids is 1. The highest BCUT2D eigenvalue weighted by Crippen LogP contribution is 2.29. The number of para-hydroxylation sites is 1. The third-order valence-electron chi connectivity index (χ3n) is 4.46. The number of benzene rings is 3. The summed E-state index contributed by atoms with van der Waals surface area (Å²) in [5, 5.41) is 2.98. The fraction of sp³-hybridized carbons (Fsp3) is 0.0909. The van der Waals surface area contributed by atoms with Crippen LogP contribution in [0.3, 0.4) is 0 Å². The molecule has 4 aromatic rings. The number of halogens is 1. The van der Waals surface area contributed by atoms with E-state index < -0.39 is 0 Å². The van der Waals surface area contributed by atoms with Gasteiger partial charge in [-0.2, -0.15) is 0 Å². The number of fused-ring (bicyclic) bond motifs is 1. The van der Waals surface area contributed by atoms with Crippen LogP contribution in [0.2, 0.25) is 0 Å². The van der Waals surface area contributed by atoms with E-state index in [0.29, 0.717) is 11.5 Å². The summed E-state index contributed by atoms with van der Waals surface area (Å²) in [4.78, 5) is 17.2. The van der Waals surface area contributed by atoms with Gasteiger partial charge in [0.05, 0.1) is 0 Å². The molecular formula is C22H17BrN2O2. The number of hydrogen-bond donors (Lipinski definition) is 1. The van der Waals surface area contributed by atoms with Crippen LogP contribution in [-0.4, -0.2) is 10.9 Å². The maximum Gasteiger partial charge on any atom is 0.255 e. The van der Waals surface area contributed by atoms with E-state index in [1.54, 1.807) is 12.1 Å². The van der Waals surface area contributed by atoms with Gasteiger partial charge in [0, 0.05) is 21.3 Å². The van der Waals surface area contributed by atoms with Crippen LogP contribution in [0.4, 0.5) is 5.69 Å². The van der Waals surface area contributed by atoms with Crippen LogP contribution in [0.15, 0.2) is 69.6 Å². The molecule has 0 aliphatic heterocycles. The Morgan fingerprint density at radius 2 is 1.78 bits per heavy atom. The van der Waals surface area contributed by atoms with E-state index in [2.05, 4.69) is 26.2 Å². The first-order chi connectivity index (χ1) is 13.0. The molecule has 1 amide bonds. The summed E-state index contributed by atoms with van der Waals surface area (Å²) >= 11 is 3.38. The quantitative estimate of drug-likeness (QED) is 0.433. The summed E-state index contributed by atoms with van der Waals surface area (Å²) in [7, 11) is 0. The summed E-state index contributed by atoms with van der Waals surface area (Å²) in [6, 6.07) is 18.9. The second-order valence-electron chi connectivity index (χ2n) is 6.43. The van der Waals surface area contributed by atoms with Gasteiger partial charge >= 0.3 is 0 Å². The smallest absolute Gasteiger partial charge is 0.255 e. The zero-order chi connectivity index (χ0) is 19.0. The summed E-state index contributed by atoms with van der Waals surface area (Å²) in [5.41, 5.74) is 5.80. The molecule has 0 spiro atoms. The Morgan fingerprint density at radius 1 is 1.00 bits per heavy atom. The number of aryl methyl sites for hydroxylation is 2. The van der Waals surface area contributed by atoms with Gasteiger partial charge in [-0.3, -0.25) is 4.79 Å². The molecule has 0 aliphatic carbocycles. The zero-order valence-corrected chi connectivity index (χ0v) is 16.5. The van der Waals surface area contributed by atoms with Gasteiger partial charge < -0.3 is 9.73 Å². The van der Waals surface area contributed by atoms with Crippen LogP contribution in [0.1, 0.15) is 21.5 Å². The molecule has 0 bridgehead atoms. The molecule has 0 atom stereocenters. The molecule has 0 saturated carbocycles. The molecule has 1 heterocycles. The molecule has 3 aromatic carbocycles. The van der Waals surface area contributed by atoms with Crippen LogP contribution in [0.25, 0.3) is 22.6 Å². The molecule has 0 fully saturated rings. The largest absolute Gasteiger partial charge is 0.436 e. The number of rotatable bonds is 3. The van der Waals surface area contributed by atoms with Gasteiger partial charge in [-0.1, -0.05) is 34.1 Å². The predicted octanol–water partition coefficient (Wildman–Crippen LogP) is 6.13. The Kier molecular flexibility index (Phi) is 4.54. The topological polar surface area (TPSA) is 55.1 Å². The van der Waals surface area contributed by atoms with E-state index >= 15 is 0 Å². The molecule has 27 heavy (non-hydrogen) atoms. The van der Waals surface area contributed by atoms with E-state index in [4.69, 9.17) is 4.42 Å². The standard InChI is InChI=1S/C22H17BrN2O2/c1-13-6-7-16(22-25-20-14(2)4-3-5-19(20)27-22)12-18(13)24-21(26)15-8-10-17(23)11-9-15/h3-12H,1-2H3,(H,24,26). The second kappa shape index (κ2) is 7.00. The number of nitrogens with one attached hydrogen (secondary N) is 1. The van der Waals surface area contributed by atoms with Gasteiger partial charge in [-0.05, 0) is 67.4 Å². The van der Waals surface area contributed by atoms with Gasteiger partial charge in [0.2, 0.25) is 5.89 Å². The molecule has 0 unspecified atom stereocenters. The minimum atomic E-state index is -0.156. The van der Waals surface area contributed by atoms with E-state index in [9.17, 15) is 4.79 Å². The number of aromatic nitrogens is 1. The fourth-order valence-electron chi connectivity index (χ4n) is 2.90. The minimum absolute atomic E-state index is 0.156. The average Bonchev–Trinajstić information content (AvgIpc) is 3.10. The van der Waals surface area contributed by atoms with Crippen molar-refractivity contribution in [1.29, 1.82) is 0 Å². The molecule has 1 N–H and O–H groups in total. The van der Waals surface area contributed by atoms with E-state index in [1.165, 1.54) is 0 Å². The van der Waals surface area contributed by atoms with Crippen LogP contribution in [0.5, 0.6) is 0 Å². The lowest BCUT2D eigenvalue weighted by Gasteiger charge is -2.10. The van der Waals surface area contributed by atoms with Crippen LogP contribution >= 0.6 is 15.9 Å². The van der Waals surface area contributed by atoms with Gasteiger partial charge in [-0.15, -0.1) is 0 Å². The minimum Gasteiger partial charge on any atom is -0.436 e. The van der Waals surface area contributed by atoms with Gasteiger partial charge in [0.15, 0.2) is 5.58 Å². The third kappa shape index (κ3) is 3.51. The third-order valence-corrected chi connectivity index (χ3v) is 4.99. The summed E-state index contributed by atoms with van der Waals surface area (Å²) in [5.74, 6) is 0.384. The molecule has 134 valence electrons. The van der Waals surface area contributed by atoms with Crippen LogP contribution in [-0.2, 0) is 0 Å². The Labute approximate surface area is 165 Å². The normalized spacial score (nSPS) is 10.9. The number of oxazole rings is 1. The van der Waals surface area contributed by atoms with Crippen molar-refractivity contribution in [2.45, 2.75) is 13.8 Å². The number of hydrogen-bond acceptors (Lipinski definition) is 3. The van der Waals surface area contributed by atoms with E-state index in [-0.39, 0.29) is 5.91 Å². The number of nitrogens with zero attached hydrogens (tertiary/aromatic N) is 1. The molecule has 4 nitrogen and oxygen atoms in total. The SMILES string of the molecule is Cc1ccc(-c2nc3c(C)cccc3o2)cc1NC(=O)c1ccc(Br)cc1. The van der Waals surface area contributed by atoms with Crippen LogP contribution in [0, 0.1) is 13.8 Å². The van der Waals surface area contributed by atoms with E-state index in [0.717, 1.165) is 38.0 Å². The highest BCUT2D eigenvalue weighted by molar-refractivity contribution is 9.10. The molecular weight excluding hydrogens is 404 g/mol. The Morgan fingerprint density at radius 3 is 2.52 bits per heavy atom. The van der Waals surface area contributed by atoms with Crippen molar-refractivity contribution in [1.82, 2.24) is 4.98 Å². The van der Waals surface area contributed by atoms with Crippen molar-refractivity contribution in [2.75, 3.05) is 5.32 Å². The highest BCUT2D eigenvalue weighted by Gasteiger charge is 2.13. The van der Waals surface area contributed by atoms with Gasteiger partial charge in [-0.25, -0.2) is 4.98 Å². The second-order valence-corrected chi connectivity index (χ2v) is 7.35. The van der Waals surface area contributed by atoms with Crippen molar-refractivity contribution in [3.63, 3.8) is 0 Å². The molecule has 1 aromatic heterocycles. The number of carbonyl (C=O) groups is 1. The maximum atomic E-state index is 12.5. The molecule has 0 aliphatic rings. The van der Waals surface area contributed by atoms with Crippen molar-refractivity contribution in [3.8, 4) is 11.5 Å². The summed E-state index contributed by atoms with van der Waals surface area (Å²) < 4.78 is 6.84. The van der Waals surface area contributed by atoms with Gasteiger partial charge in [0.1, 0.15) is 5.52 Å². The van der Waals surface area contributed by atoms with Crippen LogP contribution < -0.4 is 5.32 Å². The fourth-order valence-corrected chi connectivity index (χ4v) is 3.16. The van der Waals surface area contributed by atoms with Crippen molar-refractivity contribution >= 4 is 38.6 Å². The first kappa shape index (κ1) is 17.5. The van der Waals surface area contributed by atoms with Crippen molar-refractivity contribution < 1.29 is 9.21 Å². The molecule has 4 rings (SSSR count). The zero-order valence-electron chi connectivity index (χ0n) is 14.9. The lowest BCUT2D eigenvalue weighted by Crippen LogP contribution is -2.12. The average molecular weight is 421 g/mol. The highest BCUT2D eigenvalue weighted by atomic mass is 79.9. The molecule has 5 heteroatoms. The lowest BCUT2D eigenvalue weighted by atomic mass is 10.1. The maximum absolute atomic E-state index is 12.5. The summed E-state index contributed by atoms with van der Waals surface area (Å²) in [6.45, 7) is 3.96. The van der Waals surface area contributed by atoms with Crippen molar-refractivity contribution in [2.24, 2.45) is 0 Å². The first-order valence-corrected chi connectivity index (χ1v) is 9.34. The molecule has 0 saturated heterocycles. The number of anilines is 1. The number of amides is 1. The Bertz CT molecular complexity index is 1150. The van der Waals surface area contributed by atoms with Gasteiger partial charge in [0.25, 0.3) is 5.91 Å². The lowest BCUT2D eigenvalue weighted by molar-refractivity contribution is 0.102. The van der Waals surface area contributed by atoms with Crippen molar-refractivity contribution in [3.05, 3.63) is 81.8 Å². The predicted molar refractivity (Wildman–Crippen MR) is 111 cm³/mol. The van der Waals surface area contributed by atoms with E-state index in [1.807, 2.05) is 62.4 Å². The Hall–Kier alpha value is -2.92. The monoisotopic (exact) mass is 420 g/mol. The molecule has 0 radical (unpaired) electrons. The Balaban J connectivity index is 1.67. The first-order valence-electron chi connectivity index (χ1n) is 8.55. The summed E-state index contributed by atoms with van der Waals surface area (Å²) in [6.07, 6.45) is 0.